The molecule has 1 aliphatic heterocycles. The lowest BCUT2D eigenvalue weighted by Gasteiger charge is -2.14. The van der Waals surface area contributed by atoms with Crippen LogP contribution in [0.1, 0.15) is 20.3 Å². The van der Waals surface area contributed by atoms with Gasteiger partial charge >= 0.3 is 0 Å². The molecule has 2 rings (SSSR count). The van der Waals surface area contributed by atoms with Gasteiger partial charge < -0.3 is 20.5 Å². The fraction of sp³-hybridized carbons (Fsp3) is 0.462. The Hall–Kier alpha value is -2.35. The second kappa shape index (κ2) is 5.96. The molecule has 0 aromatic heterocycles. The molecule has 1 heterocycles. The standard InChI is InChI=1S/C13H17N3O5/c1-7(2)3-8(14)13(17)15-9-4-11-12(21-6-20-11)5-10(9)16(18)19/h4-5,7-8H,3,6,14H2,1-2H3,(H,15,17)/t8-/m0/s1. The van der Waals surface area contributed by atoms with Crippen molar-refractivity contribution in [1.29, 1.82) is 0 Å². The van der Waals surface area contributed by atoms with Gasteiger partial charge in [-0.05, 0) is 12.3 Å². The topological polar surface area (TPSA) is 117 Å². The van der Waals surface area contributed by atoms with Crippen LogP contribution in [-0.2, 0) is 4.79 Å². The zero-order valence-electron chi connectivity index (χ0n) is 11.8. The Kier molecular flexibility index (Phi) is 4.27. The highest BCUT2D eigenvalue weighted by atomic mass is 16.7. The molecule has 0 saturated heterocycles. The van der Waals surface area contributed by atoms with Crippen molar-refractivity contribution in [3.05, 3.63) is 22.2 Å². The Balaban J connectivity index is 2.23. The fourth-order valence-corrected chi connectivity index (χ4v) is 2.02. The van der Waals surface area contributed by atoms with Gasteiger partial charge in [0.25, 0.3) is 5.69 Å². The number of hydrogen-bond acceptors (Lipinski definition) is 6. The first kappa shape index (κ1) is 15.0. The molecule has 1 amide bonds. The van der Waals surface area contributed by atoms with Crippen LogP contribution in [0.4, 0.5) is 11.4 Å². The summed E-state index contributed by atoms with van der Waals surface area (Å²) in [7, 11) is 0. The molecule has 1 aromatic rings. The van der Waals surface area contributed by atoms with Gasteiger partial charge in [0, 0.05) is 6.07 Å². The maximum Gasteiger partial charge on any atom is 0.296 e. The molecule has 0 aliphatic carbocycles. The van der Waals surface area contributed by atoms with Crippen LogP contribution in [0.15, 0.2) is 12.1 Å². The molecule has 3 N–H and O–H groups in total. The van der Waals surface area contributed by atoms with Crippen molar-refractivity contribution in [2.75, 3.05) is 12.1 Å². The van der Waals surface area contributed by atoms with E-state index in [1.165, 1.54) is 12.1 Å². The predicted molar refractivity (Wildman–Crippen MR) is 75.3 cm³/mol. The number of benzene rings is 1. The largest absolute Gasteiger partial charge is 0.454 e. The van der Waals surface area contributed by atoms with Crippen LogP contribution in [0.2, 0.25) is 0 Å². The van der Waals surface area contributed by atoms with Crippen LogP contribution in [0.5, 0.6) is 11.5 Å². The van der Waals surface area contributed by atoms with E-state index in [0.717, 1.165) is 0 Å². The van der Waals surface area contributed by atoms with Gasteiger partial charge in [-0.15, -0.1) is 0 Å². The molecule has 114 valence electrons. The van der Waals surface area contributed by atoms with Crippen molar-refractivity contribution in [2.24, 2.45) is 11.7 Å². The second-order valence-corrected chi connectivity index (χ2v) is 5.21. The summed E-state index contributed by atoms with van der Waals surface area (Å²) in [6.07, 6.45) is 0.490. The number of nitrogens with zero attached hydrogens (tertiary/aromatic N) is 1. The van der Waals surface area contributed by atoms with Crippen molar-refractivity contribution >= 4 is 17.3 Å². The van der Waals surface area contributed by atoms with E-state index in [1.807, 2.05) is 13.8 Å². The van der Waals surface area contributed by atoms with Gasteiger partial charge in [0.15, 0.2) is 11.5 Å². The molecule has 21 heavy (non-hydrogen) atoms. The Morgan fingerprint density at radius 3 is 2.62 bits per heavy atom. The average molecular weight is 295 g/mol. The number of nitro benzene ring substituents is 1. The molecule has 0 saturated carbocycles. The highest BCUT2D eigenvalue weighted by Gasteiger charge is 2.25. The molecule has 0 spiro atoms. The highest BCUT2D eigenvalue weighted by molar-refractivity contribution is 5.97. The molecule has 0 radical (unpaired) electrons. The summed E-state index contributed by atoms with van der Waals surface area (Å²) >= 11 is 0. The molecule has 1 aromatic carbocycles. The lowest BCUT2D eigenvalue weighted by Crippen LogP contribution is -2.36. The number of rotatable bonds is 5. The molecule has 0 unspecified atom stereocenters. The predicted octanol–water partition coefficient (Wildman–Crippen LogP) is 1.64. The lowest BCUT2D eigenvalue weighted by molar-refractivity contribution is -0.384. The van der Waals surface area contributed by atoms with E-state index in [1.54, 1.807) is 0 Å². The van der Waals surface area contributed by atoms with Gasteiger partial charge in [-0.3, -0.25) is 14.9 Å². The number of nitrogens with two attached hydrogens (primary N) is 1. The molecular formula is C13H17N3O5. The first-order valence-electron chi connectivity index (χ1n) is 6.53. The van der Waals surface area contributed by atoms with Gasteiger partial charge in [-0.2, -0.15) is 0 Å². The number of anilines is 1. The van der Waals surface area contributed by atoms with E-state index in [2.05, 4.69) is 5.32 Å². The van der Waals surface area contributed by atoms with Crippen molar-refractivity contribution in [3.63, 3.8) is 0 Å². The minimum atomic E-state index is -0.727. The number of nitro groups is 1. The van der Waals surface area contributed by atoms with E-state index in [-0.39, 0.29) is 29.8 Å². The van der Waals surface area contributed by atoms with Crippen LogP contribution >= 0.6 is 0 Å². The quantitative estimate of drug-likeness (QED) is 0.630. The Bertz CT molecular complexity index is 573. The van der Waals surface area contributed by atoms with E-state index >= 15 is 0 Å². The second-order valence-electron chi connectivity index (χ2n) is 5.21. The molecule has 1 aliphatic rings. The summed E-state index contributed by atoms with van der Waals surface area (Å²) in [6.45, 7) is 3.88. The monoisotopic (exact) mass is 295 g/mol. The number of nitrogens with one attached hydrogen (secondary N) is 1. The van der Waals surface area contributed by atoms with E-state index in [4.69, 9.17) is 15.2 Å². The maximum atomic E-state index is 12.0. The number of amides is 1. The van der Waals surface area contributed by atoms with Gasteiger partial charge in [0.2, 0.25) is 12.7 Å². The van der Waals surface area contributed by atoms with Gasteiger partial charge in [0.05, 0.1) is 17.0 Å². The van der Waals surface area contributed by atoms with E-state index < -0.39 is 16.9 Å². The minimum Gasteiger partial charge on any atom is -0.454 e. The average Bonchev–Trinajstić information content (AvgIpc) is 2.83. The number of carbonyl (C=O) groups excluding carboxylic acids is 1. The van der Waals surface area contributed by atoms with Gasteiger partial charge in [-0.25, -0.2) is 0 Å². The molecule has 8 nitrogen and oxygen atoms in total. The number of hydrogen-bond donors (Lipinski definition) is 2. The number of ether oxygens (including phenoxy) is 2. The number of fused-ring (bicyclic) bond motifs is 1. The van der Waals surface area contributed by atoms with Crippen molar-refractivity contribution in [1.82, 2.24) is 0 Å². The van der Waals surface area contributed by atoms with Crippen molar-refractivity contribution in [3.8, 4) is 11.5 Å². The Morgan fingerprint density at radius 2 is 2.05 bits per heavy atom. The lowest BCUT2D eigenvalue weighted by atomic mass is 10.0. The summed E-state index contributed by atoms with van der Waals surface area (Å²) in [5, 5.41) is 13.6. The van der Waals surface area contributed by atoms with Crippen LogP contribution in [-0.4, -0.2) is 23.7 Å². The highest BCUT2D eigenvalue weighted by Crippen LogP contribution is 2.40. The van der Waals surface area contributed by atoms with Crippen molar-refractivity contribution in [2.45, 2.75) is 26.3 Å². The van der Waals surface area contributed by atoms with Gasteiger partial charge in [-0.1, -0.05) is 13.8 Å². The smallest absolute Gasteiger partial charge is 0.296 e. The van der Waals surface area contributed by atoms with Crippen LogP contribution in [0, 0.1) is 16.0 Å². The SMILES string of the molecule is CC(C)C[C@H](N)C(=O)Nc1cc2c(cc1[N+](=O)[O-])OCO2. The van der Waals surface area contributed by atoms with Crippen LogP contribution < -0.4 is 20.5 Å². The van der Waals surface area contributed by atoms with E-state index in [0.29, 0.717) is 12.2 Å². The maximum absolute atomic E-state index is 12.0. The van der Waals surface area contributed by atoms with E-state index in [9.17, 15) is 14.9 Å². The minimum absolute atomic E-state index is 0.00322. The zero-order chi connectivity index (χ0) is 15.6. The Labute approximate surface area is 121 Å². The number of carbonyl (C=O) groups is 1. The summed E-state index contributed by atoms with van der Waals surface area (Å²) in [4.78, 5) is 22.5. The molecule has 8 heteroatoms. The molecule has 1 atom stereocenters. The van der Waals surface area contributed by atoms with Crippen molar-refractivity contribution < 1.29 is 19.2 Å². The third-order valence-electron chi connectivity index (χ3n) is 3.01. The third kappa shape index (κ3) is 3.40. The van der Waals surface area contributed by atoms with Crippen LogP contribution in [0.3, 0.4) is 0 Å². The summed E-state index contributed by atoms with van der Waals surface area (Å²) in [6, 6.07) is 1.88. The normalized spacial score (nSPS) is 14.1. The molecular weight excluding hydrogens is 278 g/mol. The van der Waals surface area contributed by atoms with Crippen LogP contribution in [0.25, 0.3) is 0 Å². The van der Waals surface area contributed by atoms with Gasteiger partial charge in [0.1, 0.15) is 5.69 Å². The first-order chi connectivity index (χ1) is 9.88. The first-order valence-corrected chi connectivity index (χ1v) is 6.53. The summed E-state index contributed by atoms with van der Waals surface area (Å²) in [5.41, 5.74) is 5.56. The summed E-state index contributed by atoms with van der Waals surface area (Å²) in [5.74, 6) is 0.419. The third-order valence-corrected chi connectivity index (χ3v) is 3.01. The molecule has 0 fully saturated rings. The molecule has 0 bridgehead atoms. The fourth-order valence-electron chi connectivity index (χ4n) is 2.02. The zero-order valence-corrected chi connectivity index (χ0v) is 11.8. The summed E-state index contributed by atoms with van der Waals surface area (Å²) < 4.78 is 10.2. The Morgan fingerprint density at radius 1 is 1.43 bits per heavy atom.